The second-order valence-corrected chi connectivity index (χ2v) is 8.34. The fourth-order valence-corrected chi connectivity index (χ4v) is 4.77. The number of halogens is 1. The number of hydrogen-bond acceptors (Lipinski definition) is 5. The van der Waals surface area contributed by atoms with Crippen molar-refractivity contribution in [1.29, 1.82) is 0 Å². The number of carbonyl (C=O) groups excluding carboxylic acids is 2. The Kier molecular flexibility index (Phi) is 6.84. The molecule has 0 saturated heterocycles. The van der Waals surface area contributed by atoms with Crippen LogP contribution in [0.5, 0.6) is 0 Å². The van der Waals surface area contributed by atoms with Gasteiger partial charge in [-0.2, -0.15) is 0 Å². The van der Waals surface area contributed by atoms with Crippen molar-refractivity contribution < 1.29 is 18.0 Å². The van der Waals surface area contributed by atoms with Crippen molar-refractivity contribution in [3.8, 4) is 0 Å². The number of hydrogen-bond donors (Lipinski definition) is 2. The Balaban J connectivity index is 0.00000338. The average molecular weight is 404 g/mol. The molecule has 0 bridgehead atoms. The van der Waals surface area contributed by atoms with Crippen molar-refractivity contribution in [2.75, 3.05) is 6.54 Å². The maximum Gasteiger partial charge on any atom is 0.269 e. The molecule has 0 radical (unpaired) electrons. The van der Waals surface area contributed by atoms with Gasteiger partial charge in [0.2, 0.25) is 0 Å². The second-order valence-electron chi connectivity index (χ2n) is 6.56. The van der Waals surface area contributed by atoms with E-state index in [4.69, 9.17) is 5.73 Å². The van der Waals surface area contributed by atoms with Crippen molar-refractivity contribution in [3.05, 3.63) is 29.3 Å². The van der Waals surface area contributed by atoms with E-state index in [2.05, 4.69) is 5.32 Å². The van der Waals surface area contributed by atoms with Gasteiger partial charge in [-0.15, -0.1) is 12.4 Å². The van der Waals surface area contributed by atoms with Gasteiger partial charge in [0, 0.05) is 18.2 Å². The largest absolute Gasteiger partial charge is 0.345 e. The number of fused-ring (bicyclic) bond motifs is 1. The van der Waals surface area contributed by atoms with Crippen LogP contribution >= 0.6 is 12.4 Å². The first-order valence-electron chi connectivity index (χ1n) is 8.39. The number of amides is 2. The van der Waals surface area contributed by atoms with Crippen molar-refractivity contribution >= 4 is 34.2 Å². The lowest BCUT2D eigenvalue weighted by Gasteiger charge is -2.31. The molecule has 146 valence electrons. The van der Waals surface area contributed by atoms with Gasteiger partial charge in [-0.1, -0.05) is 13.8 Å². The summed E-state index contributed by atoms with van der Waals surface area (Å²) in [4.78, 5) is 24.8. The number of carbonyl (C=O) groups is 2. The molecule has 1 heterocycles. The van der Waals surface area contributed by atoms with Crippen LogP contribution in [0.2, 0.25) is 0 Å². The molecule has 26 heavy (non-hydrogen) atoms. The van der Waals surface area contributed by atoms with Crippen molar-refractivity contribution in [3.63, 3.8) is 0 Å². The SMILES string of the molecule is CCC(CC)(CN)NC(=O)c1ccc2c(c1)S(=O)(=O)N(C(C)C)C2=O.Cl. The molecule has 0 saturated carbocycles. The van der Waals surface area contributed by atoms with Gasteiger partial charge in [0.1, 0.15) is 4.90 Å². The average Bonchev–Trinajstić information content (AvgIpc) is 2.78. The van der Waals surface area contributed by atoms with Crippen LogP contribution in [-0.4, -0.2) is 42.7 Å². The van der Waals surface area contributed by atoms with Crippen LogP contribution in [0.25, 0.3) is 0 Å². The summed E-state index contributed by atoms with van der Waals surface area (Å²) in [6, 6.07) is 3.65. The molecule has 0 aliphatic carbocycles. The lowest BCUT2D eigenvalue weighted by molar-refractivity contribution is 0.0843. The summed E-state index contributed by atoms with van der Waals surface area (Å²) >= 11 is 0. The molecule has 2 amide bonds. The molecule has 1 aromatic rings. The van der Waals surface area contributed by atoms with Crippen molar-refractivity contribution in [2.24, 2.45) is 5.73 Å². The number of sulfonamides is 1. The first-order chi connectivity index (χ1) is 11.6. The second kappa shape index (κ2) is 7.94. The van der Waals surface area contributed by atoms with Gasteiger partial charge in [-0.05, 0) is 44.9 Å². The molecule has 0 atom stereocenters. The highest BCUT2D eigenvalue weighted by Gasteiger charge is 2.43. The number of nitrogens with one attached hydrogen (secondary N) is 1. The van der Waals surface area contributed by atoms with Crippen LogP contribution in [0.1, 0.15) is 61.3 Å². The summed E-state index contributed by atoms with van der Waals surface area (Å²) in [6.07, 6.45) is 1.32. The molecular weight excluding hydrogens is 378 g/mol. The lowest BCUT2D eigenvalue weighted by Crippen LogP contribution is -2.52. The summed E-state index contributed by atoms with van der Waals surface area (Å²) < 4.78 is 26.1. The highest BCUT2D eigenvalue weighted by Crippen LogP contribution is 2.32. The predicted octanol–water partition coefficient (Wildman–Crippen LogP) is 1.91. The van der Waals surface area contributed by atoms with Crippen LogP contribution in [-0.2, 0) is 10.0 Å². The third kappa shape index (κ3) is 3.58. The molecule has 1 aliphatic rings. The predicted molar refractivity (Wildman–Crippen MR) is 102 cm³/mol. The van der Waals surface area contributed by atoms with E-state index in [0.717, 1.165) is 4.31 Å². The Labute approximate surface area is 160 Å². The molecule has 1 aromatic carbocycles. The van der Waals surface area contributed by atoms with E-state index in [1.54, 1.807) is 13.8 Å². The van der Waals surface area contributed by atoms with Gasteiger partial charge in [0.25, 0.3) is 21.8 Å². The van der Waals surface area contributed by atoms with Crippen LogP contribution in [0.15, 0.2) is 23.1 Å². The van der Waals surface area contributed by atoms with E-state index in [0.29, 0.717) is 12.8 Å². The molecule has 0 fully saturated rings. The summed E-state index contributed by atoms with van der Waals surface area (Å²) in [5.74, 6) is -0.960. The van der Waals surface area contributed by atoms with Gasteiger partial charge in [0.15, 0.2) is 0 Å². The van der Waals surface area contributed by atoms with E-state index < -0.39 is 33.4 Å². The number of nitrogens with two attached hydrogens (primary N) is 1. The van der Waals surface area contributed by atoms with Gasteiger partial charge in [-0.25, -0.2) is 12.7 Å². The standard InChI is InChI=1S/C17H25N3O4S.ClH/c1-5-17(6-2,10-18)19-15(21)12-7-8-13-14(9-12)25(23,24)20(11(3)4)16(13)22;/h7-9,11H,5-6,10,18H2,1-4H3,(H,19,21);1H. The molecule has 0 unspecified atom stereocenters. The maximum atomic E-state index is 12.6. The van der Waals surface area contributed by atoms with E-state index in [1.165, 1.54) is 18.2 Å². The zero-order valence-corrected chi connectivity index (χ0v) is 17.0. The van der Waals surface area contributed by atoms with Crippen molar-refractivity contribution in [1.82, 2.24) is 9.62 Å². The highest BCUT2D eigenvalue weighted by atomic mass is 35.5. The zero-order valence-electron chi connectivity index (χ0n) is 15.4. The fourth-order valence-electron chi connectivity index (χ4n) is 2.98. The Morgan fingerprint density at radius 2 is 1.85 bits per heavy atom. The molecule has 3 N–H and O–H groups in total. The molecule has 0 aromatic heterocycles. The minimum atomic E-state index is -3.93. The first kappa shape index (κ1) is 22.4. The third-order valence-electron chi connectivity index (χ3n) is 4.80. The minimum Gasteiger partial charge on any atom is -0.345 e. The Bertz CT molecular complexity index is 796. The van der Waals surface area contributed by atoms with Crippen molar-refractivity contribution in [2.45, 2.75) is 57.0 Å². The Morgan fingerprint density at radius 1 is 1.27 bits per heavy atom. The summed E-state index contributed by atoms with van der Waals surface area (Å²) in [5, 5.41) is 2.90. The quantitative estimate of drug-likeness (QED) is 0.753. The number of rotatable bonds is 6. The Morgan fingerprint density at radius 3 is 2.31 bits per heavy atom. The Hall–Kier alpha value is -1.64. The van der Waals surface area contributed by atoms with Crippen LogP contribution in [0.3, 0.4) is 0 Å². The lowest BCUT2D eigenvalue weighted by atomic mass is 9.92. The first-order valence-corrected chi connectivity index (χ1v) is 9.83. The summed E-state index contributed by atoms with van der Waals surface area (Å²) in [5.41, 5.74) is 5.56. The molecular formula is C17H26ClN3O4S. The number of benzene rings is 1. The molecule has 1 aliphatic heterocycles. The molecule has 7 nitrogen and oxygen atoms in total. The van der Waals surface area contributed by atoms with Gasteiger partial charge < -0.3 is 11.1 Å². The van der Waals surface area contributed by atoms with Gasteiger partial charge >= 0.3 is 0 Å². The van der Waals surface area contributed by atoms with Crippen LogP contribution < -0.4 is 11.1 Å². The van der Waals surface area contributed by atoms with E-state index in [1.807, 2.05) is 13.8 Å². The molecule has 9 heteroatoms. The van der Waals surface area contributed by atoms with Crippen LogP contribution in [0, 0.1) is 0 Å². The monoisotopic (exact) mass is 403 g/mol. The van der Waals surface area contributed by atoms with E-state index >= 15 is 0 Å². The van der Waals surface area contributed by atoms with E-state index in [-0.39, 0.29) is 35.0 Å². The normalized spacial score (nSPS) is 15.6. The zero-order chi connectivity index (χ0) is 19.0. The van der Waals surface area contributed by atoms with Crippen LogP contribution in [0.4, 0.5) is 0 Å². The van der Waals surface area contributed by atoms with E-state index in [9.17, 15) is 18.0 Å². The van der Waals surface area contributed by atoms with Gasteiger partial charge in [0.05, 0.1) is 11.1 Å². The highest BCUT2D eigenvalue weighted by molar-refractivity contribution is 7.90. The minimum absolute atomic E-state index is 0. The maximum absolute atomic E-state index is 12.6. The summed E-state index contributed by atoms with van der Waals surface area (Å²) in [6.45, 7) is 7.42. The molecule has 0 spiro atoms. The number of nitrogens with zero attached hydrogens (tertiary/aromatic N) is 1. The fraction of sp³-hybridized carbons (Fsp3) is 0.529. The van der Waals surface area contributed by atoms with Gasteiger partial charge in [-0.3, -0.25) is 9.59 Å². The third-order valence-corrected chi connectivity index (χ3v) is 6.80. The molecule has 2 rings (SSSR count). The topological polar surface area (TPSA) is 110 Å². The smallest absolute Gasteiger partial charge is 0.269 e. The summed E-state index contributed by atoms with van der Waals surface area (Å²) in [7, 11) is -3.93.